The van der Waals surface area contributed by atoms with Crippen molar-refractivity contribution in [2.75, 3.05) is 13.2 Å². The topological polar surface area (TPSA) is 90.1 Å². The second kappa shape index (κ2) is 8.34. The molecule has 0 saturated heterocycles. The van der Waals surface area contributed by atoms with E-state index >= 15 is 0 Å². The van der Waals surface area contributed by atoms with Crippen LogP contribution in [0.1, 0.15) is 30.5 Å². The molecule has 1 aliphatic carbocycles. The molecule has 0 spiro atoms. The third-order valence-electron chi connectivity index (χ3n) is 3.76. The number of amides is 1. The zero-order valence-corrected chi connectivity index (χ0v) is 14.0. The van der Waals surface area contributed by atoms with E-state index in [1.165, 1.54) is 5.57 Å². The Morgan fingerprint density at radius 1 is 1.48 bits per heavy atom. The first-order valence-corrected chi connectivity index (χ1v) is 8.27. The van der Waals surface area contributed by atoms with Gasteiger partial charge in [-0.1, -0.05) is 29.0 Å². The number of allylic oxidation sites excluding steroid dienone is 1. The third-order valence-corrected chi connectivity index (χ3v) is 3.76. The highest BCUT2D eigenvalue weighted by Gasteiger charge is 2.16. The van der Waals surface area contributed by atoms with Crippen LogP contribution in [-0.2, 0) is 4.74 Å². The largest absolute Gasteiger partial charge is 0.374 e. The van der Waals surface area contributed by atoms with Gasteiger partial charge in [-0.25, -0.2) is 0 Å². The molecular weight excluding hydrogens is 320 g/mol. The van der Waals surface area contributed by atoms with Crippen LogP contribution in [0.15, 0.2) is 52.9 Å². The minimum atomic E-state index is -0.379. The van der Waals surface area contributed by atoms with Crippen molar-refractivity contribution in [2.45, 2.75) is 25.9 Å². The van der Waals surface area contributed by atoms with Crippen molar-refractivity contribution >= 4 is 5.91 Å². The molecule has 0 fully saturated rings. The number of nitrogens with one attached hydrogen (secondary N) is 1. The highest BCUT2D eigenvalue weighted by atomic mass is 16.5. The van der Waals surface area contributed by atoms with Crippen molar-refractivity contribution in [1.82, 2.24) is 20.4 Å². The van der Waals surface area contributed by atoms with Crippen molar-refractivity contribution in [2.24, 2.45) is 0 Å². The van der Waals surface area contributed by atoms with Gasteiger partial charge in [0.05, 0.1) is 6.10 Å². The summed E-state index contributed by atoms with van der Waals surface area (Å²) < 4.78 is 10.6. The Morgan fingerprint density at radius 2 is 2.40 bits per heavy atom. The predicted molar refractivity (Wildman–Crippen MR) is 91.7 cm³/mol. The van der Waals surface area contributed by atoms with Crippen molar-refractivity contribution in [3.05, 3.63) is 54.2 Å². The van der Waals surface area contributed by atoms with Crippen molar-refractivity contribution in [1.29, 1.82) is 0 Å². The van der Waals surface area contributed by atoms with Gasteiger partial charge in [0.25, 0.3) is 0 Å². The van der Waals surface area contributed by atoms with E-state index in [0.29, 0.717) is 24.5 Å². The van der Waals surface area contributed by atoms with E-state index in [4.69, 9.17) is 9.26 Å². The summed E-state index contributed by atoms with van der Waals surface area (Å²) in [6.45, 7) is 3.19. The molecule has 1 amide bonds. The summed E-state index contributed by atoms with van der Waals surface area (Å²) >= 11 is 0. The molecule has 2 aromatic rings. The summed E-state index contributed by atoms with van der Waals surface area (Å²) in [5, 5.41) is 6.60. The molecule has 1 atom stereocenters. The van der Waals surface area contributed by atoms with Crippen LogP contribution in [0.25, 0.3) is 11.4 Å². The van der Waals surface area contributed by atoms with E-state index < -0.39 is 0 Å². The van der Waals surface area contributed by atoms with Gasteiger partial charge in [-0.2, -0.15) is 4.98 Å². The quantitative estimate of drug-likeness (QED) is 0.833. The third kappa shape index (κ3) is 4.60. The Bertz CT molecular complexity index is 768. The number of carbonyl (C=O) groups excluding carboxylic acids is 1. The normalized spacial score (nSPS) is 16.5. The van der Waals surface area contributed by atoms with Gasteiger partial charge in [0.2, 0.25) is 5.82 Å². The molecule has 25 heavy (non-hydrogen) atoms. The maximum absolute atomic E-state index is 12.1. The second-order valence-electron chi connectivity index (χ2n) is 5.54. The Morgan fingerprint density at radius 3 is 3.12 bits per heavy atom. The van der Waals surface area contributed by atoms with Gasteiger partial charge in [-0.05, 0) is 31.9 Å². The molecule has 0 radical (unpaired) electrons. The van der Waals surface area contributed by atoms with Crippen molar-refractivity contribution in [3.63, 3.8) is 0 Å². The first-order valence-electron chi connectivity index (χ1n) is 8.27. The van der Waals surface area contributed by atoms with Crippen LogP contribution in [0.3, 0.4) is 0 Å². The number of hydrogen-bond acceptors (Lipinski definition) is 6. The average molecular weight is 340 g/mol. The molecule has 1 aliphatic rings. The molecule has 2 heterocycles. The Labute approximate surface area is 145 Å². The number of carbonyl (C=O) groups is 1. The first-order chi connectivity index (χ1) is 12.3. The zero-order valence-electron chi connectivity index (χ0n) is 14.0. The van der Waals surface area contributed by atoms with E-state index in [9.17, 15) is 4.79 Å². The molecular formula is C18H20N4O3. The number of ether oxygens (including phenoxy) is 1. The minimum absolute atomic E-state index is 0.0524. The molecule has 1 N–H and O–H groups in total. The van der Waals surface area contributed by atoms with Crippen LogP contribution in [0.4, 0.5) is 0 Å². The smallest absolute Gasteiger partial charge is 0.316 e. The minimum Gasteiger partial charge on any atom is -0.374 e. The lowest BCUT2D eigenvalue weighted by molar-refractivity contribution is 0.0909. The molecule has 0 saturated carbocycles. The van der Waals surface area contributed by atoms with E-state index in [2.05, 4.69) is 32.6 Å². The van der Waals surface area contributed by atoms with Crippen molar-refractivity contribution in [3.8, 4) is 11.4 Å². The predicted octanol–water partition coefficient (Wildman–Crippen LogP) is 2.54. The van der Waals surface area contributed by atoms with Gasteiger partial charge in [0.1, 0.15) is 0 Å². The average Bonchev–Trinajstić information content (AvgIpc) is 3.14. The maximum Gasteiger partial charge on any atom is 0.316 e. The van der Waals surface area contributed by atoms with Crippen LogP contribution in [0, 0.1) is 0 Å². The van der Waals surface area contributed by atoms with Crippen LogP contribution >= 0.6 is 0 Å². The standard InChI is InChI=1S/C18H20N4O3/c1-2-24-15-7-5-13(6-8-15)9-11-20-17(23)18-21-16(22-25-18)14-4-3-10-19-12-14/h3-7,10,12,15H,2,8-9,11H2,1H3,(H,20,23). The number of pyridine rings is 1. The van der Waals surface area contributed by atoms with Gasteiger partial charge in [0, 0.05) is 31.1 Å². The summed E-state index contributed by atoms with van der Waals surface area (Å²) in [5.74, 6) is -0.0863. The van der Waals surface area contributed by atoms with Gasteiger partial charge in [0.15, 0.2) is 0 Å². The van der Waals surface area contributed by atoms with Gasteiger partial charge >= 0.3 is 11.8 Å². The van der Waals surface area contributed by atoms with E-state index in [0.717, 1.165) is 12.8 Å². The van der Waals surface area contributed by atoms with Crippen molar-refractivity contribution < 1.29 is 14.1 Å². The summed E-state index contributed by atoms with van der Waals surface area (Å²) in [4.78, 5) is 20.2. The molecule has 7 nitrogen and oxygen atoms in total. The summed E-state index contributed by atoms with van der Waals surface area (Å²) in [7, 11) is 0. The highest BCUT2D eigenvalue weighted by Crippen LogP contribution is 2.16. The van der Waals surface area contributed by atoms with E-state index in [1.54, 1.807) is 24.5 Å². The fraction of sp³-hybridized carbons (Fsp3) is 0.333. The van der Waals surface area contributed by atoms with Gasteiger partial charge in [-0.3, -0.25) is 9.78 Å². The monoisotopic (exact) mass is 340 g/mol. The second-order valence-corrected chi connectivity index (χ2v) is 5.54. The number of hydrogen-bond donors (Lipinski definition) is 1. The molecule has 7 heteroatoms. The van der Waals surface area contributed by atoms with Gasteiger partial charge in [-0.15, -0.1) is 0 Å². The number of aromatic nitrogens is 3. The van der Waals surface area contributed by atoms with Gasteiger partial charge < -0.3 is 14.6 Å². The Balaban J connectivity index is 1.48. The van der Waals surface area contributed by atoms with Crippen LogP contribution < -0.4 is 5.32 Å². The molecule has 0 aromatic carbocycles. The number of rotatable bonds is 7. The maximum atomic E-state index is 12.1. The molecule has 3 rings (SSSR count). The fourth-order valence-electron chi connectivity index (χ4n) is 2.49. The lowest BCUT2D eigenvalue weighted by atomic mass is 10.0. The highest BCUT2D eigenvalue weighted by molar-refractivity contribution is 5.89. The number of nitrogens with zero attached hydrogens (tertiary/aromatic N) is 3. The summed E-state index contributed by atoms with van der Waals surface area (Å²) in [6.07, 6.45) is 11.3. The lowest BCUT2D eigenvalue weighted by Crippen LogP contribution is -2.25. The first kappa shape index (κ1) is 17.0. The molecule has 2 aromatic heterocycles. The fourth-order valence-corrected chi connectivity index (χ4v) is 2.49. The van der Waals surface area contributed by atoms with Crippen LogP contribution in [0.2, 0.25) is 0 Å². The summed E-state index contributed by atoms with van der Waals surface area (Å²) in [6, 6.07) is 3.57. The van der Waals surface area contributed by atoms with Crippen LogP contribution in [-0.4, -0.2) is 40.3 Å². The van der Waals surface area contributed by atoms with E-state index in [1.807, 2.05) is 13.0 Å². The Kier molecular flexibility index (Phi) is 5.69. The van der Waals surface area contributed by atoms with E-state index in [-0.39, 0.29) is 17.9 Å². The molecule has 1 unspecified atom stereocenters. The summed E-state index contributed by atoms with van der Waals surface area (Å²) in [5.41, 5.74) is 1.88. The lowest BCUT2D eigenvalue weighted by Gasteiger charge is -2.16. The molecule has 0 bridgehead atoms. The SMILES string of the molecule is CCOC1C=CC(CCNC(=O)c2nc(-c3cccnc3)no2)=CC1. The Hall–Kier alpha value is -2.80. The molecule has 0 aliphatic heterocycles. The van der Waals surface area contributed by atoms with Crippen LogP contribution in [0.5, 0.6) is 0 Å². The zero-order chi connectivity index (χ0) is 17.5. The molecule has 130 valence electrons.